The predicted octanol–water partition coefficient (Wildman–Crippen LogP) is 3.84. The number of rotatable bonds is 2. The van der Waals surface area contributed by atoms with E-state index < -0.39 is 5.82 Å². The fraction of sp³-hybridized carbons (Fsp3) is 0.143. The molecule has 0 spiro atoms. The molecular formula is C14H10BrFN2O. The third-order valence-corrected chi connectivity index (χ3v) is 3.56. The van der Waals surface area contributed by atoms with Crippen molar-refractivity contribution in [3.8, 4) is 22.9 Å². The summed E-state index contributed by atoms with van der Waals surface area (Å²) in [5.74, 6) is -0.244. The molecule has 0 saturated heterocycles. The lowest BCUT2D eigenvalue weighted by molar-refractivity contribution is 0.406. The number of benzene rings is 1. The molecule has 2 aromatic rings. The van der Waals surface area contributed by atoms with Gasteiger partial charge in [-0.15, -0.1) is 0 Å². The molecule has 96 valence electrons. The van der Waals surface area contributed by atoms with Gasteiger partial charge in [-0.1, -0.05) is 6.07 Å². The predicted molar refractivity (Wildman–Crippen MR) is 73.3 cm³/mol. The van der Waals surface area contributed by atoms with Gasteiger partial charge >= 0.3 is 0 Å². The third kappa shape index (κ3) is 2.20. The van der Waals surface area contributed by atoms with Gasteiger partial charge in [-0.3, -0.25) is 4.98 Å². The zero-order valence-corrected chi connectivity index (χ0v) is 12.0. The molecule has 0 aliphatic heterocycles. The highest BCUT2D eigenvalue weighted by Gasteiger charge is 2.22. The van der Waals surface area contributed by atoms with Gasteiger partial charge in [0.1, 0.15) is 11.9 Å². The van der Waals surface area contributed by atoms with Crippen LogP contribution in [0, 0.1) is 24.1 Å². The maximum absolute atomic E-state index is 14.4. The number of methoxy groups -OCH3 is 1. The van der Waals surface area contributed by atoms with Gasteiger partial charge in [-0.05, 0) is 34.5 Å². The maximum Gasteiger partial charge on any atom is 0.154 e. The number of nitriles is 1. The monoisotopic (exact) mass is 320 g/mol. The minimum atomic E-state index is -0.457. The topological polar surface area (TPSA) is 45.9 Å². The Morgan fingerprint density at radius 2 is 2.21 bits per heavy atom. The summed E-state index contributed by atoms with van der Waals surface area (Å²) in [5, 5.41) is 9.23. The Labute approximate surface area is 118 Å². The van der Waals surface area contributed by atoms with Crippen molar-refractivity contribution in [3.05, 3.63) is 45.9 Å². The van der Waals surface area contributed by atoms with Crippen molar-refractivity contribution in [1.82, 2.24) is 4.98 Å². The number of halogens is 2. The zero-order valence-electron chi connectivity index (χ0n) is 10.4. The molecule has 0 N–H and O–H groups in total. The van der Waals surface area contributed by atoms with Gasteiger partial charge in [-0.2, -0.15) is 5.26 Å². The number of pyridine rings is 1. The Balaban J connectivity index is 2.84. The van der Waals surface area contributed by atoms with E-state index in [9.17, 15) is 9.65 Å². The normalized spacial score (nSPS) is 10.1. The summed E-state index contributed by atoms with van der Waals surface area (Å²) >= 11 is 3.14. The van der Waals surface area contributed by atoms with Crippen molar-refractivity contribution in [2.45, 2.75) is 6.92 Å². The Hall–Kier alpha value is -1.93. The smallest absolute Gasteiger partial charge is 0.154 e. The fourth-order valence-corrected chi connectivity index (χ4v) is 2.52. The molecule has 0 fully saturated rings. The molecule has 0 bridgehead atoms. The van der Waals surface area contributed by atoms with Crippen LogP contribution in [-0.2, 0) is 0 Å². The molecule has 1 heterocycles. The highest BCUT2D eigenvalue weighted by molar-refractivity contribution is 9.10. The zero-order chi connectivity index (χ0) is 14.0. The van der Waals surface area contributed by atoms with Crippen LogP contribution in [0.4, 0.5) is 4.39 Å². The molecule has 2 rings (SSSR count). The van der Waals surface area contributed by atoms with Crippen molar-refractivity contribution in [3.63, 3.8) is 0 Å². The van der Waals surface area contributed by atoms with Gasteiger partial charge < -0.3 is 4.74 Å². The second kappa shape index (κ2) is 5.37. The molecule has 0 saturated carbocycles. The van der Waals surface area contributed by atoms with Crippen LogP contribution in [0.1, 0.15) is 11.1 Å². The minimum Gasteiger partial charge on any atom is -0.494 e. The lowest BCUT2D eigenvalue weighted by Gasteiger charge is -2.14. The highest BCUT2D eigenvalue weighted by atomic mass is 79.9. The van der Waals surface area contributed by atoms with E-state index >= 15 is 0 Å². The molecule has 0 unspecified atom stereocenters. The molecule has 19 heavy (non-hydrogen) atoms. The summed E-state index contributed by atoms with van der Waals surface area (Å²) in [6.45, 7) is 1.69. The van der Waals surface area contributed by atoms with E-state index in [4.69, 9.17) is 4.74 Å². The van der Waals surface area contributed by atoms with Crippen LogP contribution in [0.25, 0.3) is 11.1 Å². The Kier molecular flexibility index (Phi) is 3.82. The van der Waals surface area contributed by atoms with Gasteiger partial charge in [0, 0.05) is 23.5 Å². The molecule has 0 radical (unpaired) electrons. The molecule has 3 nitrogen and oxygen atoms in total. The van der Waals surface area contributed by atoms with Crippen molar-refractivity contribution in [2.24, 2.45) is 0 Å². The van der Waals surface area contributed by atoms with Crippen LogP contribution in [-0.4, -0.2) is 12.1 Å². The Morgan fingerprint density at radius 3 is 2.74 bits per heavy atom. The second-order valence-electron chi connectivity index (χ2n) is 3.89. The van der Waals surface area contributed by atoms with E-state index in [1.807, 2.05) is 0 Å². The number of aromatic nitrogens is 1. The summed E-state index contributed by atoms with van der Waals surface area (Å²) in [7, 11) is 1.41. The van der Waals surface area contributed by atoms with Crippen LogP contribution in [0.5, 0.6) is 5.75 Å². The Morgan fingerprint density at radius 1 is 1.47 bits per heavy atom. The number of hydrogen-bond acceptors (Lipinski definition) is 3. The Bertz CT molecular complexity index is 666. The third-order valence-electron chi connectivity index (χ3n) is 2.85. The van der Waals surface area contributed by atoms with E-state index in [1.165, 1.54) is 7.11 Å². The fourth-order valence-electron chi connectivity index (χ4n) is 1.96. The van der Waals surface area contributed by atoms with Crippen LogP contribution in [0.2, 0.25) is 0 Å². The molecule has 0 aliphatic rings. The average Bonchev–Trinajstić information content (AvgIpc) is 2.44. The van der Waals surface area contributed by atoms with E-state index in [2.05, 4.69) is 27.0 Å². The van der Waals surface area contributed by atoms with Crippen LogP contribution in [0.15, 0.2) is 29.0 Å². The summed E-state index contributed by atoms with van der Waals surface area (Å²) in [4.78, 5) is 3.97. The first-order chi connectivity index (χ1) is 9.11. The van der Waals surface area contributed by atoms with Crippen molar-refractivity contribution < 1.29 is 9.13 Å². The molecule has 0 atom stereocenters. The van der Waals surface area contributed by atoms with Gasteiger partial charge in [0.05, 0.1) is 17.1 Å². The minimum absolute atomic E-state index is 0.149. The van der Waals surface area contributed by atoms with Gasteiger partial charge in [-0.25, -0.2) is 4.39 Å². The van der Waals surface area contributed by atoms with E-state index in [0.717, 1.165) is 0 Å². The maximum atomic E-state index is 14.4. The first-order valence-electron chi connectivity index (χ1n) is 5.47. The molecule has 0 aliphatic carbocycles. The molecule has 1 aromatic heterocycles. The number of hydrogen-bond donors (Lipinski definition) is 0. The van der Waals surface area contributed by atoms with Crippen molar-refractivity contribution >= 4 is 15.9 Å². The first-order valence-corrected chi connectivity index (χ1v) is 6.27. The van der Waals surface area contributed by atoms with Crippen molar-refractivity contribution in [1.29, 1.82) is 5.26 Å². The van der Waals surface area contributed by atoms with Gasteiger partial charge in [0.2, 0.25) is 0 Å². The molecule has 0 amide bonds. The average molecular weight is 321 g/mol. The van der Waals surface area contributed by atoms with Crippen LogP contribution >= 0.6 is 15.9 Å². The quantitative estimate of drug-likeness (QED) is 0.844. The highest BCUT2D eigenvalue weighted by Crippen LogP contribution is 2.40. The summed E-state index contributed by atoms with van der Waals surface area (Å²) in [6, 6.07) is 5.52. The standard InChI is InChI=1S/C14H10BrFN2O/c1-8-10(6-17)14(19-2)12(15)13(16)11(8)9-4-3-5-18-7-9/h3-5,7H,1-2H3. The van der Waals surface area contributed by atoms with E-state index in [1.54, 1.807) is 31.5 Å². The van der Waals surface area contributed by atoms with Crippen molar-refractivity contribution in [2.75, 3.05) is 7.11 Å². The van der Waals surface area contributed by atoms with E-state index in [-0.39, 0.29) is 10.2 Å². The molecular weight excluding hydrogens is 311 g/mol. The van der Waals surface area contributed by atoms with Crippen LogP contribution in [0.3, 0.4) is 0 Å². The largest absolute Gasteiger partial charge is 0.494 e. The summed E-state index contributed by atoms with van der Waals surface area (Å²) in [5.41, 5.74) is 1.83. The SMILES string of the molecule is COc1c(Br)c(F)c(-c2cccnc2)c(C)c1C#N. The second-order valence-corrected chi connectivity index (χ2v) is 4.68. The van der Waals surface area contributed by atoms with E-state index in [0.29, 0.717) is 22.3 Å². The molecule has 1 aromatic carbocycles. The first kappa shape index (κ1) is 13.5. The summed E-state index contributed by atoms with van der Waals surface area (Å²) in [6.07, 6.45) is 3.17. The lowest BCUT2D eigenvalue weighted by Crippen LogP contribution is -2.00. The van der Waals surface area contributed by atoms with Crippen LogP contribution < -0.4 is 4.74 Å². The van der Waals surface area contributed by atoms with Gasteiger partial charge in [0.25, 0.3) is 0 Å². The lowest BCUT2D eigenvalue weighted by atomic mass is 9.96. The van der Waals surface area contributed by atoms with Gasteiger partial charge in [0.15, 0.2) is 5.75 Å². The number of ether oxygens (including phenoxy) is 1. The molecule has 5 heteroatoms. The summed E-state index contributed by atoms with van der Waals surface area (Å²) < 4.78 is 19.7. The number of nitrogens with zero attached hydrogens (tertiary/aromatic N) is 2.